The van der Waals surface area contributed by atoms with Crippen LogP contribution in [-0.2, 0) is 23.7 Å². The van der Waals surface area contributed by atoms with Crippen molar-refractivity contribution < 1.29 is 47.7 Å². The number of benzene rings is 6. The molecule has 0 radical (unpaired) electrons. The van der Waals surface area contributed by atoms with Crippen LogP contribution in [0.1, 0.15) is 71.8 Å². The zero-order valence-corrected chi connectivity index (χ0v) is 46.0. The van der Waals surface area contributed by atoms with Gasteiger partial charge in [-0.05, 0) is 99.2 Å². The van der Waals surface area contributed by atoms with E-state index in [0.29, 0.717) is 119 Å². The van der Waals surface area contributed by atoms with E-state index < -0.39 is 6.09 Å². The standard InChI is InChI=1S/C37H37N7O4.C25H33NO6/c1-38-30-13-11-28-32-24(30)7-4-9-26(32)34(45)43(36(28)47)21-19-40(2)16-6-17-41(3)20-22-44-35(46)27-10-5-8-25-31(42-18-15-39-23-42)14-12-29(33(25)27)37(44)48;1-2-28-13-14-30-17-18-31-16-15-29-12-11-26-25(27)32-19-24-22-9-5-3-7-20(22)21-8-4-6-10-23(21)24/h4-5,7-15,18,23,38H,6,16-17,19-22H2,1-3H3;3-10,24H,2,11-19H2,1H3,(H,26,27). The molecule has 18 nitrogen and oxygen atoms in total. The Kier molecular flexibility index (Phi) is 19.4. The smallest absolute Gasteiger partial charge is 0.407 e. The summed E-state index contributed by atoms with van der Waals surface area (Å²) in [4.78, 5) is 76.9. The predicted octanol–water partition coefficient (Wildman–Crippen LogP) is 7.98. The molecule has 0 bridgehead atoms. The number of alkyl carbamates (subject to hydrolysis) is 1. The SMILES string of the molecule is CCOCCOCCOCCOCCNC(=O)OCC1c2ccccc2-c2ccccc21.CNc1ccc2c3c(cccc13)C(=O)N(CCN(C)CCCN(C)CCN1C(=O)c3cccc4c(-n5ccnc5)ccc(c34)C1=O)C2=O. The molecule has 7 aromatic rings. The monoisotopic (exact) mass is 1090 g/mol. The zero-order chi connectivity index (χ0) is 56.0. The van der Waals surface area contributed by atoms with Crippen molar-refractivity contribution in [1.29, 1.82) is 0 Å². The van der Waals surface area contributed by atoms with Crippen LogP contribution in [0.3, 0.4) is 0 Å². The average Bonchev–Trinajstić information content (AvgIpc) is 4.20. The fourth-order valence-electron chi connectivity index (χ4n) is 10.6. The van der Waals surface area contributed by atoms with Crippen molar-refractivity contribution in [2.24, 2.45) is 0 Å². The lowest BCUT2D eigenvalue weighted by atomic mass is 9.93. The number of carbonyl (C=O) groups excluding carboxylic acids is 5. The minimum Gasteiger partial charge on any atom is -0.449 e. The van der Waals surface area contributed by atoms with Crippen LogP contribution < -0.4 is 10.6 Å². The minimum atomic E-state index is -0.434. The molecule has 0 saturated heterocycles. The van der Waals surface area contributed by atoms with Crippen LogP contribution in [0.25, 0.3) is 38.4 Å². The van der Waals surface area contributed by atoms with Crippen LogP contribution in [0.5, 0.6) is 0 Å². The van der Waals surface area contributed by atoms with Gasteiger partial charge in [-0.3, -0.25) is 29.0 Å². The molecule has 10 rings (SSSR count). The van der Waals surface area contributed by atoms with Crippen molar-refractivity contribution in [2.45, 2.75) is 19.3 Å². The predicted molar refractivity (Wildman–Crippen MR) is 307 cm³/mol. The fourth-order valence-corrected chi connectivity index (χ4v) is 10.6. The van der Waals surface area contributed by atoms with E-state index in [4.69, 9.17) is 23.7 Å². The molecule has 5 amide bonds. The Bertz CT molecular complexity index is 3220. The molecule has 418 valence electrons. The summed E-state index contributed by atoms with van der Waals surface area (Å²) in [6, 6.07) is 35.1. The van der Waals surface area contributed by atoms with Crippen LogP contribution in [0.2, 0.25) is 0 Å². The van der Waals surface area contributed by atoms with E-state index in [9.17, 15) is 24.0 Å². The summed E-state index contributed by atoms with van der Waals surface area (Å²) in [6.07, 6.45) is 5.64. The van der Waals surface area contributed by atoms with Gasteiger partial charge in [0.05, 0.1) is 58.3 Å². The second-order valence-corrected chi connectivity index (χ2v) is 19.7. The highest BCUT2D eigenvalue weighted by molar-refractivity contribution is 6.27. The molecule has 1 aliphatic carbocycles. The van der Waals surface area contributed by atoms with Gasteiger partial charge in [0.25, 0.3) is 23.6 Å². The molecule has 0 fully saturated rings. The summed E-state index contributed by atoms with van der Waals surface area (Å²) in [5, 5.41) is 8.97. The van der Waals surface area contributed by atoms with Gasteiger partial charge in [0.2, 0.25) is 0 Å². The van der Waals surface area contributed by atoms with Gasteiger partial charge >= 0.3 is 6.09 Å². The van der Waals surface area contributed by atoms with Crippen molar-refractivity contribution >= 4 is 57.0 Å². The lowest BCUT2D eigenvalue weighted by molar-refractivity contribution is -0.000117. The van der Waals surface area contributed by atoms with E-state index in [1.165, 1.54) is 32.1 Å². The second kappa shape index (κ2) is 27.4. The summed E-state index contributed by atoms with van der Waals surface area (Å²) >= 11 is 0. The van der Waals surface area contributed by atoms with Crippen LogP contribution in [0.15, 0.2) is 128 Å². The molecule has 0 spiro atoms. The second-order valence-electron chi connectivity index (χ2n) is 19.7. The zero-order valence-electron chi connectivity index (χ0n) is 46.0. The normalized spacial score (nSPS) is 13.6. The topological polar surface area (TPSA) is 186 Å². The van der Waals surface area contributed by atoms with E-state index in [0.717, 1.165) is 41.7 Å². The molecule has 18 heteroatoms. The van der Waals surface area contributed by atoms with Crippen molar-refractivity contribution in [3.05, 3.63) is 161 Å². The summed E-state index contributed by atoms with van der Waals surface area (Å²) in [5.74, 6) is -1.03. The summed E-state index contributed by atoms with van der Waals surface area (Å²) in [5.41, 5.74) is 8.73. The van der Waals surface area contributed by atoms with Crippen LogP contribution >= 0.6 is 0 Å². The fraction of sp³-hybridized carbons (Fsp3) is 0.355. The van der Waals surface area contributed by atoms with E-state index in [1.807, 2.05) is 99.5 Å². The first-order valence-corrected chi connectivity index (χ1v) is 27.4. The molecule has 3 heterocycles. The molecule has 0 atom stereocenters. The number of imidazole rings is 1. The number of ether oxygens (including phenoxy) is 5. The third-order valence-electron chi connectivity index (χ3n) is 14.7. The largest absolute Gasteiger partial charge is 0.449 e. The Morgan fingerprint density at radius 3 is 1.62 bits per heavy atom. The summed E-state index contributed by atoms with van der Waals surface area (Å²) in [7, 11) is 5.78. The first kappa shape index (κ1) is 56.9. The van der Waals surface area contributed by atoms with Gasteiger partial charge < -0.3 is 48.7 Å². The van der Waals surface area contributed by atoms with Gasteiger partial charge in [-0.25, -0.2) is 9.78 Å². The molecule has 3 aliphatic rings. The maximum Gasteiger partial charge on any atom is 0.407 e. The molecule has 6 aromatic carbocycles. The number of amides is 5. The Balaban J connectivity index is 0.000000211. The molecular formula is C62H70N8O10. The third-order valence-corrected chi connectivity index (χ3v) is 14.7. The average molecular weight is 1090 g/mol. The number of likely N-dealkylation sites (N-methyl/N-ethyl adjacent to an activating group) is 2. The quantitative estimate of drug-likeness (QED) is 0.0373. The highest BCUT2D eigenvalue weighted by Crippen LogP contribution is 2.44. The maximum absolute atomic E-state index is 13.5. The highest BCUT2D eigenvalue weighted by atomic mass is 16.6. The van der Waals surface area contributed by atoms with Gasteiger partial charge in [0, 0.05) is 114 Å². The lowest BCUT2D eigenvalue weighted by Gasteiger charge is -2.30. The van der Waals surface area contributed by atoms with Crippen LogP contribution in [-0.4, -0.2) is 185 Å². The molecule has 0 unspecified atom stereocenters. The number of aromatic nitrogens is 2. The number of anilines is 1. The molecule has 80 heavy (non-hydrogen) atoms. The number of hydrogen-bond donors (Lipinski definition) is 2. The van der Waals surface area contributed by atoms with Crippen LogP contribution in [0, 0.1) is 0 Å². The number of hydrogen-bond acceptors (Lipinski definition) is 14. The van der Waals surface area contributed by atoms with Gasteiger partial charge in [-0.15, -0.1) is 0 Å². The number of fused-ring (bicyclic) bond motifs is 3. The Morgan fingerprint density at radius 2 is 1.07 bits per heavy atom. The molecule has 2 aliphatic heterocycles. The van der Waals surface area contributed by atoms with Gasteiger partial charge in [-0.2, -0.15) is 0 Å². The third kappa shape index (κ3) is 12.9. The Morgan fingerprint density at radius 1 is 0.575 bits per heavy atom. The lowest BCUT2D eigenvalue weighted by Crippen LogP contribution is -2.45. The number of nitrogens with zero attached hydrogens (tertiary/aromatic N) is 6. The summed E-state index contributed by atoms with van der Waals surface area (Å²) in [6.45, 7) is 10.1. The molecular weight excluding hydrogens is 1020 g/mol. The number of imide groups is 2. The Labute approximate surface area is 466 Å². The number of nitrogens with one attached hydrogen (secondary N) is 2. The van der Waals surface area contributed by atoms with Crippen molar-refractivity contribution in [3.8, 4) is 16.8 Å². The van der Waals surface area contributed by atoms with E-state index in [-0.39, 0.29) is 36.1 Å². The first-order chi connectivity index (χ1) is 39.1. The maximum atomic E-state index is 13.5. The molecule has 1 aromatic heterocycles. The van der Waals surface area contributed by atoms with E-state index >= 15 is 0 Å². The summed E-state index contributed by atoms with van der Waals surface area (Å²) < 4.78 is 28.8. The van der Waals surface area contributed by atoms with Crippen molar-refractivity contribution in [1.82, 2.24) is 34.5 Å². The first-order valence-electron chi connectivity index (χ1n) is 27.4. The van der Waals surface area contributed by atoms with Gasteiger partial charge in [-0.1, -0.05) is 72.8 Å². The minimum absolute atomic E-state index is 0.0599. The number of rotatable bonds is 27. The molecule has 2 N–H and O–H groups in total. The van der Waals surface area contributed by atoms with E-state index in [1.54, 1.807) is 36.8 Å². The van der Waals surface area contributed by atoms with Crippen molar-refractivity contribution in [2.75, 3.05) is 132 Å². The van der Waals surface area contributed by atoms with Gasteiger partial charge in [0.15, 0.2) is 0 Å². The highest BCUT2D eigenvalue weighted by Gasteiger charge is 2.35. The van der Waals surface area contributed by atoms with Crippen molar-refractivity contribution in [3.63, 3.8) is 0 Å². The van der Waals surface area contributed by atoms with Gasteiger partial charge in [0.1, 0.15) is 6.61 Å². The Hall–Kier alpha value is -7.84. The van der Waals surface area contributed by atoms with E-state index in [2.05, 4.69) is 49.7 Å². The number of carbonyl (C=O) groups is 5. The molecule has 0 saturated carbocycles. The van der Waals surface area contributed by atoms with Crippen LogP contribution in [0.4, 0.5) is 10.5 Å².